The fourth-order valence-corrected chi connectivity index (χ4v) is 7.04. The number of ether oxygens (including phenoxy) is 2. The molecule has 8 nitrogen and oxygen atoms in total. The highest BCUT2D eigenvalue weighted by Crippen LogP contribution is 2.60. The Kier molecular flexibility index (Phi) is 8.26. The molecule has 1 N–H and O–H groups in total. The van der Waals surface area contributed by atoms with Gasteiger partial charge in [-0.1, -0.05) is 40.2 Å². The molecule has 2 amide bonds. The first kappa shape index (κ1) is 27.5. The van der Waals surface area contributed by atoms with Crippen LogP contribution in [0.4, 0.5) is 5.69 Å². The molecular formula is C28H35BrN2O6. The van der Waals surface area contributed by atoms with Crippen molar-refractivity contribution in [2.45, 2.75) is 55.7 Å². The van der Waals surface area contributed by atoms with E-state index >= 15 is 0 Å². The standard InChI is InChI=1S/C28H35BrN2O6/c1-5-7-14-36-27(35)21-22-25(33)31(12-8-13-32)24(28(22)16-19(29)23(21)37-28)26(34)30(11-6-2)20-15-17(3)9-10-18(20)4/h5-6,9-10,15,19,21-24,32H,1-2,7-8,11-14,16H2,3-4H3/t19?,21-,22-,23-,24?,28?/m0/s1. The van der Waals surface area contributed by atoms with E-state index in [1.54, 1.807) is 17.1 Å². The van der Waals surface area contributed by atoms with Gasteiger partial charge in [-0.25, -0.2) is 0 Å². The van der Waals surface area contributed by atoms with Gasteiger partial charge in [0.25, 0.3) is 5.91 Å². The Bertz CT molecular complexity index is 1090. The topological polar surface area (TPSA) is 96.4 Å². The second kappa shape index (κ2) is 11.1. The normalized spacial score (nSPS) is 29.8. The number of aliphatic hydroxyl groups is 1. The number of aryl methyl sites for hydroxylation is 2. The quantitative estimate of drug-likeness (QED) is 0.189. The highest BCUT2D eigenvalue weighted by molar-refractivity contribution is 9.09. The lowest BCUT2D eigenvalue weighted by Crippen LogP contribution is -2.57. The molecule has 4 rings (SSSR count). The molecule has 3 unspecified atom stereocenters. The van der Waals surface area contributed by atoms with E-state index in [0.717, 1.165) is 16.8 Å². The lowest BCUT2D eigenvalue weighted by atomic mass is 9.70. The number of fused-ring (bicyclic) bond motifs is 1. The van der Waals surface area contributed by atoms with E-state index in [9.17, 15) is 19.5 Å². The third-order valence-electron chi connectivity index (χ3n) is 7.65. The van der Waals surface area contributed by atoms with E-state index in [0.29, 0.717) is 19.3 Å². The summed E-state index contributed by atoms with van der Waals surface area (Å²) in [6, 6.07) is 4.93. The largest absolute Gasteiger partial charge is 0.465 e. The second-order valence-corrected chi connectivity index (χ2v) is 11.2. The molecule has 3 saturated heterocycles. The molecule has 1 spiro atoms. The Morgan fingerprint density at radius 1 is 1.32 bits per heavy atom. The molecule has 0 saturated carbocycles. The van der Waals surface area contributed by atoms with Crippen LogP contribution >= 0.6 is 15.9 Å². The molecule has 3 heterocycles. The van der Waals surface area contributed by atoms with Crippen LogP contribution in [0.5, 0.6) is 0 Å². The molecule has 0 radical (unpaired) electrons. The van der Waals surface area contributed by atoms with E-state index < -0.39 is 35.6 Å². The maximum atomic E-state index is 14.4. The molecule has 3 aliphatic heterocycles. The van der Waals surface area contributed by atoms with Crippen LogP contribution in [0.2, 0.25) is 0 Å². The number of aliphatic hydroxyl groups excluding tert-OH is 1. The number of carbonyl (C=O) groups is 3. The smallest absolute Gasteiger partial charge is 0.312 e. The zero-order chi connectivity index (χ0) is 26.9. The zero-order valence-electron chi connectivity index (χ0n) is 21.4. The minimum atomic E-state index is -1.18. The Labute approximate surface area is 226 Å². The first-order valence-electron chi connectivity index (χ1n) is 12.7. The monoisotopic (exact) mass is 574 g/mol. The highest BCUT2D eigenvalue weighted by Gasteiger charge is 2.77. The third kappa shape index (κ3) is 4.66. The zero-order valence-corrected chi connectivity index (χ0v) is 23.0. The van der Waals surface area contributed by atoms with Crippen LogP contribution in [-0.2, 0) is 23.9 Å². The number of halogens is 1. The van der Waals surface area contributed by atoms with Gasteiger partial charge < -0.3 is 24.4 Å². The summed E-state index contributed by atoms with van der Waals surface area (Å²) in [4.78, 5) is 44.5. The van der Waals surface area contributed by atoms with E-state index in [2.05, 4.69) is 29.1 Å². The lowest BCUT2D eigenvalue weighted by molar-refractivity contribution is -0.154. The first-order valence-corrected chi connectivity index (χ1v) is 13.6. The number of anilines is 1. The number of alkyl halides is 1. The number of benzene rings is 1. The van der Waals surface area contributed by atoms with Crippen molar-refractivity contribution in [2.24, 2.45) is 11.8 Å². The molecule has 0 aliphatic carbocycles. The molecule has 1 aromatic rings. The van der Waals surface area contributed by atoms with Gasteiger partial charge in [-0.05, 0) is 50.3 Å². The number of hydrogen-bond acceptors (Lipinski definition) is 6. The van der Waals surface area contributed by atoms with Gasteiger partial charge in [0.1, 0.15) is 11.6 Å². The van der Waals surface area contributed by atoms with E-state index in [4.69, 9.17) is 9.47 Å². The van der Waals surface area contributed by atoms with Crippen LogP contribution in [0, 0.1) is 25.7 Å². The number of carbonyl (C=O) groups excluding carboxylic acids is 3. The minimum absolute atomic E-state index is 0.132. The fraction of sp³-hybridized carbons (Fsp3) is 0.536. The van der Waals surface area contributed by atoms with Crippen LogP contribution in [0.3, 0.4) is 0 Å². The third-order valence-corrected chi connectivity index (χ3v) is 8.50. The molecule has 0 aromatic heterocycles. The van der Waals surface area contributed by atoms with Gasteiger partial charge in [0.05, 0.1) is 24.5 Å². The van der Waals surface area contributed by atoms with Gasteiger partial charge in [-0.3, -0.25) is 14.4 Å². The van der Waals surface area contributed by atoms with Gasteiger partial charge in [-0.15, -0.1) is 13.2 Å². The van der Waals surface area contributed by atoms with Crippen LogP contribution in [0.1, 0.15) is 30.4 Å². The second-order valence-electron chi connectivity index (χ2n) is 10.0. The summed E-state index contributed by atoms with van der Waals surface area (Å²) in [6.07, 6.45) is 3.96. The highest BCUT2D eigenvalue weighted by atomic mass is 79.9. The predicted molar refractivity (Wildman–Crippen MR) is 143 cm³/mol. The molecule has 9 heteroatoms. The van der Waals surface area contributed by atoms with Crippen molar-refractivity contribution in [3.63, 3.8) is 0 Å². The lowest BCUT2D eigenvalue weighted by Gasteiger charge is -2.37. The van der Waals surface area contributed by atoms with Gasteiger partial charge in [-0.2, -0.15) is 0 Å². The van der Waals surface area contributed by atoms with Crippen molar-refractivity contribution in [2.75, 3.05) is 31.2 Å². The average molecular weight is 576 g/mol. The predicted octanol–water partition coefficient (Wildman–Crippen LogP) is 3.07. The summed E-state index contributed by atoms with van der Waals surface area (Å²) in [5.41, 5.74) is 1.48. The SMILES string of the molecule is C=CCCOC(=O)[C@H]1[C@H]2C(=O)N(CCCO)C(C(=O)N(CC=C)c3cc(C)ccc3C)C23CC(Br)[C@@H]1O3. The van der Waals surface area contributed by atoms with E-state index in [1.165, 1.54) is 4.90 Å². The van der Waals surface area contributed by atoms with Crippen LogP contribution in [0.15, 0.2) is 43.5 Å². The van der Waals surface area contributed by atoms with E-state index in [1.807, 2.05) is 32.0 Å². The van der Waals surface area contributed by atoms with Crippen molar-refractivity contribution >= 4 is 39.4 Å². The summed E-state index contributed by atoms with van der Waals surface area (Å²) in [6.45, 7) is 11.9. The maximum absolute atomic E-state index is 14.4. The average Bonchev–Trinajstić information content (AvgIpc) is 3.46. The Morgan fingerprint density at radius 3 is 2.76 bits per heavy atom. The summed E-state index contributed by atoms with van der Waals surface area (Å²) >= 11 is 3.66. The number of hydrogen-bond donors (Lipinski definition) is 1. The molecule has 1 aromatic carbocycles. The molecule has 37 heavy (non-hydrogen) atoms. The molecule has 3 aliphatic rings. The van der Waals surface area contributed by atoms with Gasteiger partial charge >= 0.3 is 5.97 Å². The van der Waals surface area contributed by atoms with Crippen molar-refractivity contribution in [3.8, 4) is 0 Å². The minimum Gasteiger partial charge on any atom is -0.465 e. The molecule has 2 bridgehead atoms. The Balaban J connectivity index is 1.77. The summed E-state index contributed by atoms with van der Waals surface area (Å²) < 4.78 is 12.0. The number of esters is 1. The maximum Gasteiger partial charge on any atom is 0.312 e. The van der Waals surface area contributed by atoms with E-state index in [-0.39, 0.29) is 42.9 Å². The fourth-order valence-electron chi connectivity index (χ4n) is 6.09. The molecular weight excluding hydrogens is 540 g/mol. The van der Waals surface area contributed by atoms with Crippen LogP contribution in [0.25, 0.3) is 0 Å². The number of rotatable bonds is 11. The summed E-state index contributed by atoms with van der Waals surface area (Å²) in [7, 11) is 0. The van der Waals surface area contributed by atoms with Crippen molar-refractivity contribution in [3.05, 3.63) is 54.6 Å². The first-order chi connectivity index (χ1) is 17.7. The van der Waals surface area contributed by atoms with Crippen LogP contribution in [-0.4, -0.2) is 76.7 Å². The van der Waals surface area contributed by atoms with Gasteiger partial charge in [0, 0.05) is 30.2 Å². The van der Waals surface area contributed by atoms with Crippen molar-refractivity contribution in [1.29, 1.82) is 0 Å². The molecule has 3 fully saturated rings. The number of nitrogens with zero attached hydrogens (tertiary/aromatic N) is 2. The number of likely N-dealkylation sites (tertiary alicyclic amines) is 1. The van der Waals surface area contributed by atoms with Gasteiger partial charge in [0.15, 0.2) is 0 Å². The van der Waals surface area contributed by atoms with Gasteiger partial charge in [0.2, 0.25) is 5.91 Å². The number of amides is 2. The summed E-state index contributed by atoms with van der Waals surface area (Å²) in [5.74, 6) is -2.75. The van der Waals surface area contributed by atoms with Crippen LogP contribution < -0.4 is 4.90 Å². The molecule has 200 valence electrons. The summed E-state index contributed by atoms with van der Waals surface area (Å²) in [5, 5.41) is 9.54. The van der Waals surface area contributed by atoms with Crippen molar-refractivity contribution < 1.29 is 29.0 Å². The van der Waals surface area contributed by atoms with Crippen molar-refractivity contribution in [1.82, 2.24) is 4.90 Å². The molecule has 6 atom stereocenters. The Morgan fingerprint density at radius 2 is 2.08 bits per heavy atom. The Hall–Kier alpha value is -2.49.